The highest BCUT2D eigenvalue weighted by Crippen LogP contribution is 2.46. The molecule has 1 saturated heterocycles. The van der Waals surface area contributed by atoms with Crippen molar-refractivity contribution in [2.75, 3.05) is 13.1 Å². The maximum atomic E-state index is 13.7. The average Bonchev–Trinajstić information content (AvgIpc) is 3.38. The Morgan fingerprint density at radius 1 is 1.03 bits per heavy atom. The van der Waals surface area contributed by atoms with Crippen molar-refractivity contribution < 1.29 is 13.5 Å². The molecule has 0 amide bonds. The molecule has 6 nitrogen and oxygen atoms in total. The lowest BCUT2D eigenvalue weighted by Gasteiger charge is -2.39. The van der Waals surface area contributed by atoms with Gasteiger partial charge in [0.05, 0.1) is 23.3 Å². The van der Waals surface area contributed by atoms with E-state index in [1.807, 2.05) is 6.07 Å². The number of aryl methyl sites for hydroxylation is 1. The van der Waals surface area contributed by atoms with E-state index in [9.17, 15) is 8.78 Å². The number of likely N-dealkylation sites (tertiary alicyclic amines) is 1. The molecule has 0 bridgehead atoms. The van der Waals surface area contributed by atoms with E-state index in [4.69, 9.17) is 9.72 Å². The van der Waals surface area contributed by atoms with Crippen molar-refractivity contribution in [3.63, 3.8) is 0 Å². The molecular weight excluding hydrogens is 436 g/mol. The van der Waals surface area contributed by atoms with Crippen LogP contribution in [0, 0.1) is 18.8 Å². The number of nitrogens with zero attached hydrogens (tertiary/aromatic N) is 5. The Morgan fingerprint density at radius 3 is 2.56 bits per heavy atom. The van der Waals surface area contributed by atoms with E-state index in [2.05, 4.69) is 44.6 Å². The average molecular weight is 468 g/mol. The van der Waals surface area contributed by atoms with Gasteiger partial charge in [-0.25, -0.2) is 18.7 Å². The Labute approximate surface area is 198 Å². The number of hydrogen-bond acceptors (Lipinski definition) is 5. The molecule has 3 aromatic rings. The van der Waals surface area contributed by atoms with Gasteiger partial charge in [0.25, 0.3) is 0 Å². The highest BCUT2D eigenvalue weighted by molar-refractivity contribution is 5.76. The van der Waals surface area contributed by atoms with Crippen LogP contribution in [0.4, 0.5) is 8.78 Å². The van der Waals surface area contributed by atoms with Gasteiger partial charge >= 0.3 is 0 Å². The van der Waals surface area contributed by atoms with Crippen LogP contribution >= 0.6 is 0 Å². The molecule has 3 fully saturated rings. The number of fused-ring (bicyclic) bond motifs is 2. The van der Waals surface area contributed by atoms with Gasteiger partial charge in [0, 0.05) is 44.4 Å². The molecule has 2 saturated carbocycles. The van der Waals surface area contributed by atoms with Crippen LogP contribution in [0.3, 0.4) is 0 Å². The van der Waals surface area contributed by atoms with Crippen LogP contribution in [-0.2, 0) is 0 Å². The number of aromatic nitrogens is 4. The van der Waals surface area contributed by atoms with Crippen LogP contribution in [-0.4, -0.2) is 55.6 Å². The first kappa shape index (κ1) is 21.9. The van der Waals surface area contributed by atoms with Crippen molar-refractivity contribution in [3.05, 3.63) is 48.7 Å². The van der Waals surface area contributed by atoms with Crippen LogP contribution < -0.4 is 4.74 Å². The van der Waals surface area contributed by atoms with Crippen molar-refractivity contribution in [1.29, 1.82) is 0 Å². The van der Waals surface area contributed by atoms with Crippen LogP contribution in [0.25, 0.3) is 11.0 Å². The first-order chi connectivity index (χ1) is 16.5. The molecule has 1 aliphatic heterocycles. The Balaban J connectivity index is 1.28. The number of ether oxygens (including phenoxy) is 1. The molecule has 1 aromatic carbocycles. The lowest BCUT2D eigenvalue weighted by Crippen LogP contribution is -2.40. The molecule has 34 heavy (non-hydrogen) atoms. The van der Waals surface area contributed by atoms with Crippen molar-refractivity contribution in [2.45, 2.75) is 69.6 Å². The highest BCUT2D eigenvalue weighted by atomic mass is 19.3. The van der Waals surface area contributed by atoms with Crippen LogP contribution in [0.5, 0.6) is 5.88 Å². The number of benzene rings is 1. The SMILES string of the molecule is Cc1nc2ccccc2n1[C@H]1C[C@H]2CN(C3CCC(F)(F)CC3)C[C@H]2C[C@@H]1Oc1cnccn1. The van der Waals surface area contributed by atoms with Crippen molar-refractivity contribution >= 4 is 11.0 Å². The summed E-state index contributed by atoms with van der Waals surface area (Å²) in [6, 6.07) is 8.67. The van der Waals surface area contributed by atoms with Gasteiger partial charge in [0.15, 0.2) is 0 Å². The van der Waals surface area contributed by atoms with Gasteiger partial charge in [0.1, 0.15) is 11.9 Å². The Morgan fingerprint density at radius 2 is 1.79 bits per heavy atom. The second-order valence-corrected chi connectivity index (χ2v) is 10.3. The summed E-state index contributed by atoms with van der Waals surface area (Å²) in [6.45, 7) is 4.02. The van der Waals surface area contributed by atoms with E-state index in [1.54, 1.807) is 18.6 Å². The Bertz CT molecular complexity index is 1140. The second-order valence-electron chi connectivity index (χ2n) is 10.3. The zero-order valence-electron chi connectivity index (χ0n) is 19.5. The van der Waals surface area contributed by atoms with Gasteiger partial charge in [-0.2, -0.15) is 0 Å². The van der Waals surface area contributed by atoms with Crippen LogP contribution in [0.15, 0.2) is 42.9 Å². The van der Waals surface area contributed by atoms with E-state index in [0.717, 1.165) is 42.8 Å². The van der Waals surface area contributed by atoms with Crippen molar-refractivity contribution in [2.24, 2.45) is 11.8 Å². The minimum atomic E-state index is -2.48. The first-order valence-corrected chi connectivity index (χ1v) is 12.4. The number of imidazole rings is 1. The zero-order valence-corrected chi connectivity index (χ0v) is 19.5. The summed E-state index contributed by atoms with van der Waals surface area (Å²) in [5.74, 6) is 0.0679. The summed E-state index contributed by atoms with van der Waals surface area (Å²) in [4.78, 5) is 15.9. The Kier molecular flexibility index (Phi) is 5.51. The van der Waals surface area contributed by atoms with Gasteiger partial charge in [-0.05, 0) is 56.6 Å². The third-order valence-corrected chi connectivity index (χ3v) is 8.23. The number of rotatable bonds is 4. The third kappa shape index (κ3) is 4.06. The van der Waals surface area contributed by atoms with Crippen LogP contribution in [0.1, 0.15) is 50.4 Å². The molecular formula is C26H31F2N5O. The fraction of sp³-hybridized carbons (Fsp3) is 0.577. The fourth-order valence-electron chi connectivity index (χ4n) is 6.60. The first-order valence-electron chi connectivity index (χ1n) is 12.4. The van der Waals surface area contributed by atoms with Crippen molar-refractivity contribution in [1.82, 2.24) is 24.4 Å². The summed E-state index contributed by atoms with van der Waals surface area (Å²) in [5.41, 5.74) is 2.12. The normalized spacial score (nSPS) is 29.9. The summed E-state index contributed by atoms with van der Waals surface area (Å²) < 4.78 is 36.3. The van der Waals surface area contributed by atoms with Gasteiger partial charge in [0.2, 0.25) is 11.8 Å². The molecule has 0 unspecified atom stereocenters. The number of alkyl halides is 2. The summed E-state index contributed by atoms with van der Waals surface area (Å²) in [7, 11) is 0. The summed E-state index contributed by atoms with van der Waals surface area (Å²) >= 11 is 0. The van der Waals surface area contributed by atoms with Gasteiger partial charge in [-0.15, -0.1) is 0 Å². The van der Waals surface area contributed by atoms with Crippen LogP contribution in [0.2, 0.25) is 0 Å². The predicted molar refractivity (Wildman–Crippen MR) is 125 cm³/mol. The maximum absolute atomic E-state index is 13.7. The molecule has 2 aromatic heterocycles. The molecule has 0 radical (unpaired) electrons. The molecule has 2 aliphatic carbocycles. The molecule has 4 atom stereocenters. The van der Waals surface area contributed by atoms with E-state index < -0.39 is 5.92 Å². The minimum absolute atomic E-state index is 0.0186. The van der Waals surface area contributed by atoms with E-state index in [1.165, 1.54) is 0 Å². The zero-order chi connectivity index (χ0) is 23.3. The quantitative estimate of drug-likeness (QED) is 0.538. The van der Waals surface area contributed by atoms with Gasteiger partial charge < -0.3 is 9.30 Å². The predicted octanol–water partition coefficient (Wildman–Crippen LogP) is 5.04. The van der Waals surface area contributed by atoms with Crippen molar-refractivity contribution in [3.8, 4) is 5.88 Å². The molecule has 180 valence electrons. The smallest absolute Gasteiger partial charge is 0.248 e. The largest absolute Gasteiger partial charge is 0.471 e. The minimum Gasteiger partial charge on any atom is -0.471 e. The van der Waals surface area contributed by atoms with Gasteiger partial charge in [-0.1, -0.05) is 12.1 Å². The molecule has 0 N–H and O–H groups in total. The standard InChI is InChI=1S/C26H31F2N5O/c1-17-31-21-4-2-3-5-22(21)33(17)23-12-18-15-32(20-6-8-26(27,28)9-7-20)16-19(18)13-24(23)34-25-14-29-10-11-30-25/h2-5,10-11,14,18-20,23-24H,6-9,12-13,15-16H2,1H3/t18-,19+,23-,24-/m0/s1. The van der Waals surface area contributed by atoms with E-state index in [-0.39, 0.29) is 31.0 Å². The topological polar surface area (TPSA) is 56.1 Å². The second kappa shape index (κ2) is 8.56. The number of halogens is 2. The fourth-order valence-corrected chi connectivity index (χ4v) is 6.60. The van der Waals surface area contributed by atoms with E-state index >= 15 is 0 Å². The lowest BCUT2D eigenvalue weighted by molar-refractivity contribution is -0.0520. The summed E-state index contributed by atoms with van der Waals surface area (Å²) in [6.07, 6.45) is 8.06. The summed E-state index contributed by atoms with van der Waals surface area (Å²) in [5, 5.41) is 0. The molecule has 0 spiro atoms. The lowest BCUT2D eigenvalue weighted by atomic mass is 9.77. The molecule has 6 rings (SSSR count). The van der Waals surface area contributed by atoms with E-state index in [0.29, 0.717) is 30.6 Å². The molecule has 3 heterocycles. The maximum Gasteiger partial charge on any atom is 0.248 e. The number of hydrogen-bond donors (Lipinski definition) is 0. The monoisotopic (exact) mass is 467 g/mol. The molecule has 3 aliphatic rings. The molecule has 8 heteroatoms. The third-order valence-electron chi connectivity index (χ3n) is 8.23. The highest BCUT2D eigenvalue weighted by Gasteiger charge is 2.47. The van der Waals surface area contributed by atoms with Gasteiger partial charge in [-0.3, -0.25) is 9.88 Å². The Hall–Kier alpha value is -2.61. The number of para-hydroxylation sites is 2.